The van der Waals surface area contributed by atoms with E-state index in [9.17, 15) is 5.11 Å². The molecule has 90 valence electrons. The minimum Gasteiger partial charge on any atom is -0.466 e. The summed E-state index contributed by atoms with van der Waals surface area (Å²) in [4.78, 5) is 0. The topological polar surface area (TPSA) is 33.4 Å². The van der Waals surface area contributed by atoms with Crippen LogP contribution in [0.25, 0.3) is 0 Å². The lowest BCUT2D eigenvalue weighted by atomic mass is 10.0. The number of aliphatic hydroxyl groups excluding tert-OH is 1. The van der Waals surface area contributed by atoms with E-state index in [1.54, 1.807) is 6.26 Å². The zero-order valence-corrected chi connectivity index (χ0v) is 10.3. The number of hydrogen-bond donors (Lipinski definition) is 1. The van der Waals surface area contributed by atoms with E-state index in [1.165, 1.54) is 5.56 Å². The molecule has 1 aromatic carbocycles. The molecule has 0 radical (unpaired) electrons. The number of benzene rings is 1. The van der Waals surface area contributed by atoms with Gasteiger partial charge in [0, 0.05) is 6.42 Å². The third-order valence-electron chi connectivity index (χ3n) is 3.06. The van der Waals surface area contributed by atoms with Crippen LogP contribution in [-0.4, -0.2) is 5.11 Å². The molecule has 1 N–H and O–H groups in total. The van der Waals surface area contributed by atoms with Crippen LogP contribution in [0.2, 0.25) is 0 Å². The van der Waals surface area contributed by atoms with Crippen LogP contribution in [0.3, 0.4) is 0 Å². The monoisotopic (exact) mass is 230 g/mol. The molecule has 0 saturated carbocycles. The second kappa shape index (κ2) is 5.19. The van der Waals surface area contributed by atoms with E-state index >= 15 is 0 Å². The van der Waals surface area contributed by atoms with Gasteiger partial charge in [0.25, 0.3) is 0 Å². The summed E-state index contributed by atoms with van der Waals surface area (Å²) < 4.78 is 5.29. The van der Waals surface area contributed by atoms with E-state index < -0.39 is 6.10 Å². The molecule has 0 bridgehead atoms. The minimum atomic E-state index is -0.558. The summed E-state index contributed by atoms with van der Waals surface area (Å²) in [7, 11) is 0. The Balaban J connectivity index is 2.07. The van der Waals surface area contributed by atoms with Gasteiger partial charge < -0.3 is 9.52 Å². The first-order chi connectivity index (χ1) is 8.20. The molecule has 2 heteroatoms. The van der Waals surface area contributed by atoms with Gasteiger partial charge in [-0.25, -0.2) is 0 Å². The molecule has 1 aromatic heterocycles. The summed E-state index contributed by atoms with van der Waals surface area (Å²) in [5.74, 6) is 0.671. The fourth-order valence-electron chi connectivity index (χ4n) is 1.95. The minimum absolute atomic E-state index is 0.558. The molecule has 2 aromatic rings. The van der Waals surface area contributed by atoms with E-state index in [1.807, 2.05) is 13.0 Å². The van der Waals surface area contributed by atoms with Crippen molar-refractivity contribution in [2.24, 2.45) is 0 Å². The zero-order valence-electron chi connectivity index (χ0n) is 10.3. The zero-order chi connectivity index (χ0) is 12.3. The molecule has 0 saturated heterocycles. The highest BCUT2D eigenvalue weighted by Crippen LogP contribution is 2.22. The second-order valence-electron chi connectivity index (χ2n) is 4.36. The van der Waals surface area contributed by atoms with Crippen LogP contribution in [0, 0.1) is 6.92 Å². The van der Waals surface area contributed by atoms with Crippen LogP contribution in [0.15, 0.2) is 41.0 Å². The van der Waals surface area contributed by atoms with Crippen molar-refractivity contribution >= 4 is 0 Å². The molecule has 2 rings (SSSR count). The highest BCUT2D eigenvalue weighted by molar-refractivity contribution is 5.25. The predicted octanol–water partition coefficient (Wildman–Crippen LogP) is 3.43. The summed E-state index contributed by atoms with van der Waals surface area (Å²) in [5.41, 5.74) is 3.45. The normalized spacial score (nSPS) is 12.6. The molecule has 17 heavy (non-hydrogen) atoms. The van der Waals surface area contributed by atoms with Crippen LogP contribution in [0.1, 0.15) is 35.5 Å². The van der Waals surface area contributed by atoms with Crippen LogP contribution in [0.4, 0.5) is 0 Å². The van der Waals surface area contributed by atoms with E-state index in [4.69, 9.17) is 4.42 Å². The van der Waals surface area contributed by atoms with Crippen LogP contribution in [0.5, 0.6) is 0 Å². The van der Waals surface area contributed by atoms with Gasteiger partial charge in [0.05, 0.1) is 6.26 Å². The molecular weight excluding hydrogens is 212 g/mol. The molecule has 0 spiro atoms. The largest absolute Gasteiger partial charge is 0.466 e. The molecule has 1 atom stereocenters. The van der Waals surface area contributed by atoms with Crippen LogP contribution >= 0.6 is 0 Å². The Hall–Kier alpha value is -1.54. The molecule has 0 aliphatic carbocycles. The highest BCUT2D eigenvalue weighted by Gasteiger charge is 2.14. The van der Waals surface area contributed by atoms with Crippen LogP contribution in [-0.2, 0) is 12.8 Å². The number of furan rings is 1. The average molecular weight is 230 g/mol. The summed E-state index contributed by atoms with van der Waals surface area (Å²) in [6.45, 7) is 4.08. The predicted molar refractivity (Wildman–Crippen MR) is 67.9 cm³/mol. The van der Waals surface area contributed by atoms with Gasteiger partial charge in [-0.2, -0.15) is 0 Å². The maximum Gasteiger partial charge on any atom is 0.135 e. The van der Waals surface area contributed by atoms with Gasteiger partial charge in [0.15, 0.2) is 0 Å². The average Bonchev–Trinajstić information content (AvgIpc) is 2.76. The summed E-state index contributed by atoms with van der Waals surface area (Å²) in [6, 6.07) is 10.2. The first-order valence-corrected chi connectivity index (χ1v) is 6.00. The van der Waals surface area contributed by atoms with Crippen molar-refractivity contribution in [3.8, 4) is 0 Å². The maximum absolute atomic E-state index is 10.1. The number of aliphatic hydroxyl groups is 1. The first-order valence-electron chi connectivity index (χ1n) is 6.00. The Kier molecular flexibility index (Phi) is 3.64. The first kappa shape index (κ1) is 11.9. The maximum atomic E-state index is 10.1. The van der Waals surface area contributed by atoms with E-state index in [0.717, 1.165) is 17.5 Å². The second-order valence-corrected chi connectivity index (χ2v) is 4.36. The molecular formula is C15H18O2. The smallest absolute Gasteiger partial charge is 0.135 e. The van der Waals surface area contributed by atoms with Gasteiger partial charge in [0.2, 0.25) is 0 Å². The molecule has 0 aliphatic heterocycles. The number of hydrogen-bond acceptors (Lipinski definition) is 2. The van der Waals surface area contributed by atoms with Crippen molar-refractivity contribution in [3.05, 3.63) is 59.0 Å². The standard InChI is InChI=1S/C15H18O2/c1-3-12-4-6-13(7-5-12)10-14(16)15-11(2)8-9-17-15/h4-9,14,16H,3,10H2,1-2H3. The van der Waals surface area contributed by atoms with Crippen molar-refractivity contribution in [3.63, 3.8) is 0 Å². The Morgan fingerprint density at radius 1 is 1.12 bits per heavy atom. The third-order valence-corrected chi connectivity index (χ3v) is 3.06. The van der Waals surface area contributed by atoms with Crippen molar-refractivity contribution in [2.45, 2.75) is 32.8 Å². The van der Waals surface area contributed by atoms with E-state index in [-0.39, 0.29) is 0 Å². The van der Waals surface area contributed by atoms with Crippen LogP contribution < -0.4 is 0 Å². The molecule has 2 nitrogen and oxygen atoms in total. The summed E-state index contributed by atoms with van der Waals surface area (Å²) in [5, 5.41) is 10.1. The van der Waals surface area contributed by atoms with Gasteiger partial charge in [0.1, 0.15) is 11.9 Å². The van der Waals surface area contributed by atoms with Crippen molar-refractivity contribution in [1.29, 1.82) is 0 Å². The number of rotatable bonds is 4. The van der Waals surface area contributed by atoms with Gasteiger partial charge in [-0.1, -0.05) is 31.2 Å². The summed E-state index contributed by atoms with van der Waals surface area (Å²) in [6.07, 6.45) is 2.70. The number of aryl methyl sites for hydroxylation is 2. The molecule has 0 fully saturated rings. The Bertz CT molecular complexity index is 468. The molecule has 0 amide bonds. The van der Waals surface area contributed by atoms with Gasteiger partial charge in [-0.15, -0.1) is 0 Å². The van der Waals surface area contributed by atoms with Gasteiger partial charge in [-0.3, -0.25) is 0 Å². The lowest BCUT2D eigenvalue weighted by molar-refractivity contribution is 0.149. The quantitative estimate of drug-likeness (QED) is 0.873. The lowest BCUT2D eigenvalue weighted by Gasteiger charge is -2.09. The SMILES string of the molecule is CCc1ccc(CC(O)c2occc2C)cc1. The fraction of sp³-hybridized carbons (Fsp3) is 0.333. The Morgan fingerprint density at radius 3 is 2.29 bits per heavy atom. The fourth-order valence-corrected chi connectivity index (χ4v) is 1.95. The Morgan fingerprint density at radius 2 is 1.76 bits per heavy atom. The summed E-state index contributed by atoms with van der Waals surface area (Å²) >= 11 is 0. The van der Waals surface area contributed by atoms with Gasteiger partial charge >= 0.3 is 0 Å². The van der Waals surface area contributed by atoms with E-state index in [0.29, 0.717) is 12.2 Å². The van der Waals surface area contributed by atoms with Crippen molar-refractivity contribution in [1.82, 2.24) is 0 Å². The Labute approximate surface area is 102 Å². The highest BCUT2D eigenvalue weighted by atomic mass is 16.4. The molecule has 1 unspecified atom stereocenters. The molecule has 1 heterocycles. The third kappa shape index (κ3) is 2.77. The van der Waals surface area contributed by atoms with Crippen molar-refractivity contribution in [2.75, 3.05) is 0 Å². The van der Waals surface area contributed by atoms with E-state index in [2.05, 4.69) is 31.2 Å². The van der Waals surface area contributed by atoms with Crippen molar-refractivity contribution < 1.29 is 9.52 Å². The molecule has 0 aliphatic rings. The lowest BCUT2D eigenvalue weighted by Crippen LogP contribution is -2.02. The van der Waals surface area contributed by atoms with Gasteiger partial charge in [-0.05, 0) is 36.1 Å².